The van der Waals surface area contributed by atoms with Crippen molar-refractivity contribution < 1.29 is 26.7 Å². The zero-order chi connectivity index (χ0) is 14.6. The highest BCUT2D eigenvalue weighted by Gasteiger charge is 2.24. The Bertz CT molecular complexity index is 545. The van der Waals surface area contributed by atoms with Crippen LogP contribution in [-0.2, 0) is 4.79 Å². The van der Waals surface area contributed by atoms with E-state index in [1.54, 1.807) is 0 Å². The lowest BCUT2D eigenvalue weighted by Crippen LogP contribution is -2.20. The van der Waals surface area contributed by atoms with Crippen molar-refractivity contribution in [1.29, 1.82) is 0 Å². The molecular formula is C12H8F5NO. The molecule has 7 heteroatoms. The molecule has 0 aliphatic rings. The Kier molecular flexibility index (Phi) is 4.87. The second-order valence-corrected chi connectivity index (χ2v) is 3.48. The Morgan fingerprint density at radius 3 is 1.95 bits per heavy atom. The Balaban J connectivity index is 2.97. The van der Waals surface area contributed by atoms with Gasteiger partial charge in [-0.25, -0.2) is 22.0 Å². The van der Waals surface area contributed by atoms with Crippen molar-refractivity contribution >= 4 is 5.91 Å². The first kappa shape index (κ1) is 15.0. The Labute approximate surface area is 105 Å². The lowest BCUT2D eigenvalue weighted by molar-refractivity contribution is -0.118. The minimum absolute atomic E-state index is 0.0130. The van der Waals surface area contributed by atoms with Crippen molar-refractivity contribution in [2.45, 2.75) is 13.3 Å². The maximum atomic E-state index is 13.1. The Morgan fingerprint density at radius 1 is 1.00 bits per heavy atom. The molecule has 0 saturated carbocycles. The summed E-state index contributed by atoms with van der Waals surface area (Å²) in [7, 11) is 0. The zero-order valence-corrected chi connectivity index (χ0v) is 9.71. The molecule has 0 spiro atoms. The highest BCUT2D eigenvalue weighted by Crippen LogP contribution is 2.22. The van der Waals surface area contributed by atoms with Gasteiger partial charge in [0.1, 0.15) is 5.56 Å². The van der Waals surface area contributed by atoms with E-state index in [1.807, 2.05) is 5.92 Å². The third-order valence-corrected chi connectivity index (χ3v) is 2.05. The highest BCUT2D eigenvalue weighted by atomic mass is 19.2. The molecule has 2 nitrogen and oxygen atoms in total. The number of benzene rings is 1. The number of rotatable bonds is 2. The predicted octanol–water partition coefficient (Wildman–Crippen LogP) is 2.26. The van der Waals surface area contributed by atoms with Crippen LogP contribution < -0.4 is 5.32 Å². The summed E-state index contributed by atoms with van der Waals surface area (Å²) in [6.45, 7) is 1.37. The van der Waals surface area contributed by atoms with E-state index in [9.17, 15) is 26.7 Å². The van der Waals surface area contributed by atoms with Crippen molar-refractivity contribution in [3.05, 3.63) is 34.6 Å². The average Bonchev–Trinajstić information content (AvgIpc) is 2.37. The monoisotopic (exact) mass is 277 g/mol. The standard InChI is InChI=1S/C12H8F5NO/c1-6(19)18-5-3-2-4-7-8(13)10(15)12(17)11(16)9(7)14/h3,5H2,1H3,(H,18,19). The summed E-state index contributed by atoms with van der Waals surface area (Å²) >= 11 is 0. The van der Waals surface area contributed by atoms with Gasteiger partial charge in [0.2, 0.25) is 11.7 Å². The van der Waals surface area contributed by atoms with Crippen LogP contribution in [-0.4, -0.2) is 12.5 Å². The molecule has 0 aliphatic carbocycles. The van der Waals surface area contributed by atoms with E-state index in [-0.39, 0.29) is 18.9 Å². The van der Waals surface area contributed by atoms with Gasteiger partial charge in [-0.3, -0.25) is 4.79 Å². The SMILES string of the molecule is CC(=O)NCCC#Cc1c(F)c(F)c(F)c(F)c1F. The number of halogens is 5. The van der Waals surface area contributed by atoms with Crippen LogP contribution in [0.3, 0.4) is 0 Å². The molecule has 0 bridgehead atoms. The molecule has 0 saturated heterocycles. The first-order valence-electron chi connectivity index (χ1n) is 5.11. The number of carbonyl (C=O) groups is 1. The number of carbonyl (C=O) groups excluding carboxylic acids is 1. The number of nitrogens with one attached hydrogen (secondary N) is 1. The largest absolute Gasteiger partial charge is 0.355 e. The fourth-order valence-electron chi connectivity index (χ4n) is 1.17. The summed E-state index contributed by atoms with van der Waals surface area (Å²) in [4.78, 5) is 10.5. The van der Waals surface area contributed by atoms with Crippen molar-refractivity contribution in [2.75, 3.05) is 6.54 Å². The molecule has 1 rings (SSSR count). The van der Waals surface area contributed by atoms with Gasteiger partial charge in [-0.1, -0.05) is 11.8 Å². The Morgan fingerprint density at radius 2 is 1.47 bits per heavy atom. The second-order valence-electron chi connectivity index (χ2n) is 3.48. The van der Waals surface area contributed by atoms with Gasteiger partial charge in [0.15, 0.2) is 23.3 Å². The maximum absolute atomic E-state index is 13.1. The third-order valence-electron chi connectivity index (χ3n) is 2.05. The van der Waals surface area contributed by atoms with E-state index < -0.39 is 34.6 Å². The van der Waals surface area contributed by atoms with Crippen LogP contribution in [0.5, 0.6) is 0 Å². The minimum atomic E-state index is -2.22. The number of hydrogen-bond acceptors (Lipinski definition) is 1. The molecule has 0 aromatic heterocycles. The van der Waals surface area contributed by atoms with Gasteiger partial charge in [0.05, 0.1) is 0 Å². The molecule has 0 atom stereocenters. The summed E-state index contributed by atoms with van der Waals surface area (Å²) in [5.74, 6) is -6.48. The second kappa shape index (κ2) is 6.18. The summed E-state index contributed by atoms with van der Waals surface area (Å²) in [5.41, 5.74) is -1.18. The molecule has 0 fully saturated rings. The van der Waals surface area contributed by atoms with Crippen LogP contribution in [0.15, 0.2) is 0 Å². The molecule has 19 heavy (non-hydrogen) atoms. The average molecular weight is 277 g/mol. The van der Waals surface area contributed by atoms with Gasteiger partial charge in [0, 0.05) is 19.9 Å². The first-order chi connectivity index (χ1) is 8.86. The molecular weight excluding hydrogens is 269 g/mol. The lowest BCUT2D eigenvalue weighted by Gasteiger charge is -2.02. The smallest absolute Gasteiger partial charge is 0.216 e. The van der Waals surface area contributed by atoms with Gasteiger partial charge < -0.3 is 5.32 Å². The molecule has 0 aliphatic heterocycles. The van der Waals surface area contributed by atoms with Crippen molar-refractivity contribution in [1.82, 2.24) is 5.32 Å². The van der Waals surface area contributed by atoms with Crippen LogP contribution in [0, 0.1) is 40.9 Å². The van der Waals surface area contributed by atoms with E-state index in [0.717, 1.165) is 0 Å². The van der Waals surface area contributed by atoms with Crippen molar-refractivity contribution in [2.24, 2.45) is 0 Å². The summed E-state index contributed by atoms with van der Waals surface area (Å²) in [6.07, 6.45) is 0.0130. The fourth-order valence-corrected chi connectivity index (χ4v) is 1.17. The van der Waals surface area contributed by atoms with Gasteiger partial charge in [-0.05, 0) is 0 Å². The molecule has 1 aromatic carbocycles. The quantitative estimate of drug-likeness (QED) is 0.290. The summed E-state index contributed by atoms with van der Waals surface area (Å²) < 4.78 is 64.6. The van der Waals surface area contributed by atoms with E-state index in [1.165, 1.54) is 6.92 Å². The molecule has 1 amide bonds. The van der Waals surface area contributed by atoms with Crippen LogP contribution in [0.1, 0.15) is 18.9 Å². The van der Waals surface area contributed by atoms with Crippen LogP contribution in [0.4, 0.5) is 22.0 Å². The van der Waals surface area contributed by atoms with Crippen LogP contribution >= 0.6 is 0 Å². The van der Waals surface area contributed by atoms with Crippen molar-refractivity contribution in [3.63, 3.8) is 0 Å². The Hall–Kier alpha value is -2.10. The van der Waals surface area contributed by atoms with E-state index in [4.69, 9.17) is 0 Å². The van der Waals surface area contributed by atoms with Crippen LogP contribution in [0.25, 0.3) is 0 Å². The molecule has 0 unspecified atom stereocenters. The highest BCUT2D eigenvalue weighted by molar-refractivity contribution is 5.72. The van der Waals surface area contributed by atoms with Gasteiger partial charge in [-0.15, -0.1) is 0 Å². The number of hydrogen-bond donors (Lipinski definition) is 1. The van der Waals surface area contributed by atoms with Gasteiger partial charge in [0.25, 0.3) is 0 Å². The normalized spacial score (nSPS) is 9.79. The summed E-state index contributed by atoms with van der Waals surface area (Å²) in [6, 6.07) is 0. The van der Waals surface area contributed by atoms with E-state index >= 15 is 0 Å². The number of amides is 1. The minimum Gasteiger partial charge on any atom is -0.355 e. The van der Waals surface area contributed by atoms with Gasteiger partial charge >= 0.3 is 0 Å². The van der Waals surface area contributed by atoms with E-state index in [0.29, 0.717) is 0 Å². The first-order valence-corrected chi connectivity index (χ1v) is 5.11. The zero-order valence-electron chi connectivity index (χ0n) is 9.71. The molecule has 0 heterocycles. The molecule has 1 aromatic rings. The van der Waals surface area contributed by atoms with Gasteiger partial charge in [-0.2, -0.15) is 0 Å². The van der Waals surface area contributed by atoms with E-state index in [2.05, 4.69) is 11.2 Å². The fraction of sp³-hybridized carbons (Fsp3) is 0.250. The summed E-state index contributed by atoms with van der Waals surface area (Å²) in [5, 5.41) is 2.36. The third kappa shape index (κ3) is 3.44. The van der Waals surface area contributed by atoms with Crippen LogP contribution in [0.2, 0.25) is 0 Å². The molecule has 0 radical (unpaired) electrons. The molecule has 1 N–H and O–H groups in total. The molecule has 102 valence electrons. The predicted molar refractivity (Wildman–Crippen MR) is 56.4 cm³/mol. The lowest BCUT2D eigenvalue weighted by atomic mass is 10.1. The topological polar surface area (TPSA) is 29.1 Å². The maximum Gasteiger partial charge on any atom is 0.216 e. The van der Waals surface area contributed by atoms with Crippen molar-refractivity contribution in [3.8, 4) is 11.8 Å².